The number of ether oxygens (including phenoxy) is 2. The van der Waals surface area contributed by atoms with Gasteiger partial charge in [-0.2, -0.15) is 0 Å². The van der Waals surface area contributed by atoms with E-state index in [0.717, 1.165) is 31.7 Å². The lowest BCUT2D eigenvalue weighted by Gasteiger charge is -2.16. The Kier molecular flexibility index (Phi) is 8.30. The number of rotatable bonds is 8. The Labute approximate surface area is 210 Å². The van der Waals surface area contributed by atoms with Crippen molar-refractivity contribution in [3.63, 3.8) is 0 Å². The van der Waals surface area contributed by atoms with Crippen LogP contribution in [0.2, 0.25) is 0 Å². The second kappa shape index (κ2) is 12.0. The third kappa shape index (κ3) is 6.80. The number of thiocarbonyl (C=S) groups is 1. The molecular weight excluding hydrogens is 462 g/mol. The van der Waals surface area contributed by atoms with Gasteiger partial charge in [0, 0.05) is 24.3 Å². The van der Waals surface area contributed by atoms with E-state index in [9.17, 15) is 9.59 Å². The molecule has 0 unspecified atom stereocenters. The van der Waals surface area contributed by atoms with Crippen LogP contribution < -0.4 is 20.1 Å². The largest absolute Gasteiger partial charge is 0.490 e. The molecule has 1 heterocycles. The highest BCUT2D eigenvalue weighted by Crippen LogP contribution is 2.19. The monoisotopic (exact) mass is 489 g/mol. The summed E-state index contributed by atoms with van der Waals surface area (Å²) < 4.78 is 11.4. The van der Waals surface area contributed by atoms with Gasteiger partial charge in [0.2, 0.25) is 0 Å². The van der Waals surface area contributed by atoms with Gasteiger partial charge in [-0.25, -0.2) is 0 Å². The summed E-state index contributed by atoms with van der Waals surface area (Å²) >= 11 is 5.33. The molecular formula is C27H27N3O4S. The van der Waals surface area contributed by atoms with Gasteiger partial charge in [-0.15, -0.1) is 0 Å². The minimum absolute atomic E-state index is 0.00317. The zero-order valence-corrected chi connectivity index (χ0v) is 20.1. The molecule has 3 aromatic carbocycles. The number of carbonyl (C=O) groups is 2. The summed E-state index contributed by atoms with van der Waals surface area (Å²) in [6.45, 7) is 2.18. The molecule has 2 N–H and O–H groups in total. The Morgan fingerprint density at radius 1 is 0.857 bits per heavy atom. The van der Waals surface area contributed by atoms with E-state index in [0.29, 0.717) is 29.2 Å². The molecule has 1 saturated heterocycles. The molecule has 0 aliphatic carbocycles. The first-order chi connectivity index (χ1) is 17.1. The predicted molar refractivity (Wildman–Crippen MR) is 139 cm³/mol. The van der Waals surface area contributed by atoms with Crippen molar-refractivity contribution in [2.45, 2.75) is 12.8 Å². The summed E-state index contributed by atoms with van der Waals surface area (Å²) in [7, 11) is 0. The number of carbonyl (C=O) groups excluding carboxylic acids is 2. The van der Waals surface area contributed by atoms with Crippen molar-refractivity contribution in [1.82, 2.24) is 10.2 Å². The SMILES string of the molecule is O=C(NC(=S)Nc1cccc(C(=O)N2CCCC2)c1)c1ccccc1OCCOc1ccccc1. The zero-order chi connectivity index (χ0) is 24.5. The Bertz CT molecular complexity index is 1180. The zero-order valence-electron chi connectivity index (χ0n) is 19.2. The summed E-state index contributed by atoms with van der Waals surface area (Å²) in [5.41, 5.74) is 1.57. The fourth-order valence-electron chi connectivity index (χ4n) is 3.77. The van der Waals surface area contributed by atoms with Crippen LogP contribution in [-0.2, 0) is 0 Å². The van der Waals surface area contributed by atoms with E-state index >= 15 is 0 Å². The predicted octanol–water partition coefficient (Wildman–Crippen LogP) is 4.51. The van der Waals surface area contributed by atoms with Gasteiger partial charge in [-0.05, 0) is 67.5 Å². The second-order valence-electron chi connectivity index (χ2n) is 7.99. The molecule has 2 amide bonds. The maximum absolute atomic E-state index is 12.9. The van der Waals surface area contributed by atoms with Gasteiger partial charge in [0.15, 0.2) is 5.11 Å². The van der Waals surface area contributed by atoms with Crippen molar-refractivity contribution in [2.24, 2.45) is 0 Å². The topological polar surface area (TPSA) is 79.9 Å². The Morgan fingerprint density at radius 2 is 1.57 bits per heavy atom. The van der Waals surface area contributed by atoms with Crippen molar-refractivity contribution in [2.75, 3.05) is 31.6 Å². The van der Waals surface area contributed by atoms with Crippen LogP contribution in [0.15, 0.2) is 78.9 Å². The van der Waals surface area contributed by atoms with Crippen molar-refractivity contribution < 1.29 is 19.1 Å². The summed E-state index contributed by atoms with van der Waals surface area (Å²) in [6.07, 6.45) is 2.07. The number of hydrogen-bond donors (Lipinski definition) is 2. The maximum atomic E-state index is 12.9. The average molecular weight is 490 g/mol. The summed E-state index contributed by atoms with van der Waals surface area (Å²) in [5.74, 6) is 0.794. The van der Waals surface area contributed by atoms with E-state index in [1.165, 1.54) is 0 Å². The number of hydrogen-bond acceptors (Lipinski definition) is 5. The number of anilines is 1. The molecule has 4 rings (SSSR count). The fraction of sp³-hybridized carbons (Fsp3) is 0.222. The molecule has 0 aromatic heterocycles. The lowest BCUT2D eigenvalue weighted by atomic mass is 10.1. The first kappa shape index (κ1) is 24.2. The third-order valence-electron chi connectivity index (χ3n) is 5.47. The van der Waals surface area contributed by atoms with E-state index in [-0.39, 0.29) is 17.6 Å². The minimum atomic E-state index is -0.397. The molecule has 1 aliphatic heterocycles. The average Bonchev–Trinajstić information content (AvgIpc) is 3.42. The highest BCUT2D eigenvalue weighted by molar-refractivity contribution is 7.80. The van der Waals surface area contributed by atoms with E-state index in [1.54, 1.807) is 48.5 Å². The number of nitrogens with zero attached hydrogens (tertiary/aromatic N) is 1. The molecule has 0 atom stereocenters. The first-order valence-electron chi connectivity index (χ1n) is 11.5. The minimum Gasteiger partial charge on any atom is -0.490 e. The van der Waals surface area contributed by atoms with Crippen molar-refractivity contribution >= 4 is 34.8 Å². The third-order valence-corrected chi connectivity index (χ3v) is 5.68. The smallest absolute Gasteiger partial charge is 0.261 e. The molecule has 1 fully saturated rings. The Balaban J connectivity index is 1.31. The van der Waals surface area contributed by atoms with Gasteiger partial charge in [0.25, 0.3) is 11.8 Å². The molecule has 0 spiro atoms. The maximum Gasteiger partial charge on any atom is 0.261 e. The molecule has 7 nitrogen and oxygen atoms in total. The van der Waals surface area contributed by atoms with Crippen LogP contribution in [-0.4, -0.2) is 48.1 Å². The highest BCUT2D eigenvalue weighted by atomic mass is 32.1. The molecule has 3 aromatic rings. The quantitative estimate of drug-likeness (QED) is 0.358. The lowest BCUT2D eigenvalue weighted by molar-refractivity contribution is 0.0792. The second-order valence-corrected chi connectivity index (χ2v) is 8.40. The Hall–Kier alpha value is -3.91. The van der Waals surface area contributed by atoms with Crippen molar-refractivity contribution in [3.8, 4) is 11.5 Å². The van der Waals surface area contributed by atoms with Crippen LogP contribution in [0.5, 0.6) is 11.5 Å². The molecule has 0 bridgehead atoms. The molecule has 8 heteroatoms. The summed E-state index contributed by atoms with van der Waals surface area (Å²) in [6, 6.07) is 23.5. The van der Waals surface area contributed by atoms with Crippen LogP contribution in [0.25, 0.3) is 0 Å². The Morgan fingerprint density at radius 3 is 2.37 bits per heavy atom. The van der Waals surface area contributed by atoms with Crippen LogP contribution >= 0.6 is 12.2 Å². The first-order valence-corrected chi connectivity index (χ1v) is 11.9. The van der Waals surface area contributed by atoms with Gasteiger partial charge in [-0.1, -0.05) is 36.4 Å². The molecule has 0 saturated carbocycles. The number of amides is 2. The van der Waals surface area contributed by atoms with E-state index in [1.807, 2.05) is 35.2 Å². The van der Waals surface area contributed by atoms with Crippen molar-refractivity contribution in [1.29, 1.82) is 0 Å². The normalized spacial score (nSPS) is 12.6. The van der Waals surface area contributed by atoms with Crippen molar-refractivity contribution in [3.05, 3.63) is 90.0 Å². The number of nitrogens with one attached hydrogen (secondary N) is 2. The van der Waals surface area contributed by atoms with Crippen LogP contribution in [0.3, 0.4) is 0 Å². The number of benzene rings is 3. The van der Waals surface area contributed by atoms with E-state index < -0.39 is 5.91 Å². The van der Waals surface area contributed by atoms with Crippen LogP contribution in [0.4, 0.5) is 5.69 Å². The van der Waals surface area contributed by atoms with Gasteiger partial charge < -0.3 is 19.7 Å². The summed E-state index contributed by atoms with van der Waals surface area (Å²) in [4.78, 5) is 27.4. The van der Waals surface area contributed by atoms with E-state index in [2.05, 4.69) is 10.6 Å². The standard InChI is InChI=1S/C27H27N3O4S/c31-25(23-13-4-5-14-24(23)34-18-17-33-22-11-2-1-3-12-22)29-27(35)28-21-10-8-9-20(19-21)26(32)30-15-6-7-16-30/h1-5,8-14,19H,6-7,15-18H2,(H2,28,29,31,35). The summed E-state index contributed by atoms with van der Waals surface area (Å²) in [5, 5.41) is 5.79. The van der Waals surface area contributed by atoms with Crippen LogP contribution in [0, 0.1) is 0 Å². The van der Waals surface area contributed by atoms with E-state index in [4.69, 9.17) is 21.7 Å². The van der Waals surface area contributed by atoms with Crippen LogP contribution in [0.1, 0.15) is 33.6 Å². The number of likely N-dealkylation sites (tertiary alicyclic amines) is 1. The fourth-order valence-corrected chi connectivity index (χ4v) is 3.98. The number of para-hydroxylation sites is 2. The molecule has 180 valence electrons. The molecule has 35 heavy (non-hydrogen) atoms. The van der Waals surface area contributed by atoms with Gasteiger partial charge in [0.1, 0.15) is 24.7 Å². The van der Waals surface area contributed by atoms with Gasteiger partial charge >= 0.3 is 0 Å². The molecule has 0 radical (unpaired) electrons. The van der Waals surface area contributed by atoms with Gasteiger partial charge in [-0.3, -0.25) is 14.9 Å². The van der Waals surface area contributed by atoms with Gasteiger partial charge in [0.05, 0.1) is 5.56 Å². The lowest BCUT2D eigenvalue weighted by Crippen LogP contribution is -2.34. The molecule has 1 aliphatic rings. The highest BCUT2D eigenvalue weighted by Gasteiger charge is 2.20.